The van der Waals surface area contributed by atoms with Crippen molar-refractivity contribution in [2.75, 3.05) is 0 Å². The number of hydrogen-bond acceptors (Lipinski definition) is 5. The van der Waals surface area contributed by atoms with Gasteiger partial charge in [0.25, 0.3) is 0 Å². The van der Waals surface area contributed by atoms with Crippen LogP contribution in [0.2, 0.25) is 0 Å². The molecular formula is C13H21N5O3S. The van der Waals surface area contributed by atoms with Crippen molar-refractivity contribution < 1.29 is 9.59 Å². The number of H-pyrrole nitrogens is 1. The van der Waals surface area contributed by atoms with E-state index in [4.69, 9.17) is 0 Å². The number of rotatable bonds is 4. The van der Waals surface area contributed by atoms with Gasteiger partial charge in [0.2, 0.25) is 5.91 Å². The second-order valence-electron chi connectivity index (χ2n) is 6.37. The summed E-state index contributed by atoms with van der Waals surface area (Å²) in [5, 5.41) is 11.2. The predicted molar refractivity (Wildman–Crippen MR) is 82.9 cm³/mol. The molecule has 22 heavy (non-hydrogen) atoms. The van der Waals surface area contributed by atoms with Crippen LogP contribution in [0.4, 0.5) is 4.79 Å². The summed E-state index contributed by atoms with van der Waals surface area (Å²) >= 11 is 1.16. The predicted octanol–water partition coefficient (Wildman–Crippen LogP) is 1.01. The lowest BCUT2D eigenvalue weighted by atomic mass is 10.1. The van der Waals surface area contributed by atoms with E-state index in [-0.39, 0.29) is 11.7 Å². The SMILES string of the molecule is C[C@H](Sc1n[nH]c(=O)n1C1CC1)C(=O)NC(=O)NC(C)(C)C. The third-order valence-corrected chi connectivity index (χ3v) is 4.03. The summed E-state index contributed by atoms with van der Waals surface area (Å²) in [6.45, 7) is 7.15. The summed E-state index contributed by atoms with van der Waals surface area (Å²) in [5.41, 5.74) is -0.682. The number of thioether (sulfide) groups is 1. The van der Waals surface area contributed by atoms with Crippen LogP contribution in [0.5, 0.6) is 0 Å². The highest BCUT2D eigenvalue weighted by Crippen LogP contribution is 2.36. The maximum atomic E-state index is 12.0. The monoisotopic (exact) mass is 327 g/mol. The number of carbonyl (C=O) groups excluding carboxylic acids is 2. The van der Waals surface area contributed by atoms with Crippen LogP contribution >= 0.6 is 11.8 Å². The van der Waals surface area contributed by atoms with Crippen LogP contribution in [0.15, 0.2) is 9.95 Å². The number of aromatic nitrogens is 3. The zero-order valence-corrected chi connectivity index (χ0v) is 13.9. The fourth-order valence-corrected chi connectivity index (χ4v) is 2.75. The molecule has 1 atom stereocenters. The highest BCUT2D eigenvalue weighted by molar-refractivity contribution is 8.00. The highest BCUT2D eigenvalue weighted by Gasteiger charge is 2.30. The van der Waals surface area contributed by atoms with Crippen LogP contribution in [-0.2, 0) is 4.79 Å². The minimum absolute atomic E-state index is 0.174. The van der Waals surface area contributed by atoms with E-state index in [1.165, 1.54) is 0 Å². The van der Waals surface area contributed by atoms with E-state index in [1.54, 1.807) is 11.5 Å². The Morgan fingerprint density at radius 3 is 2.59 bits per heavy atom. The van der Waals surface area contributed by atoms with Gasteiger partial charge in [-0.2, -0.15) is 0 Å². The Labute approximate surface area is 132 Å². The first kappa shape index (κ1) is 16.6. The number of nitrogens with one attached hydrogen (secondary N) is 3. The molecule has 2 rings (SSSR count). The topological polar surface area (TPSA) is 109 Å². The minimum Gasteiger partial charge on any atom is -0.333 e. The molecule has 0 radical (unpaired) electrons. The molecule has 1 fully saturated rings. The summed E-state index contributed by atoms with van der Waals surface area (Å²) in [6, 6.07) is -0.361. The van der Waals surface area contributed by atoms with Crippen LogP contribution in [0.25, 0.3) is 0 Å². The summed E-state index contributed by atoms with van der Waals surface area (Å²) in [6.07, 6.45) is 1.89. The van der Waals surface area contributed by atoms with Crippen molar-refractivity contribution in [1.29, 1.82) is 0 Å². The maximum Gasteiger partial charge on any atom is 0.344 e. The second kappa shape index (κ2) is 6.15. The van der Waals surface area contributed by atoms with Crippen molar-refractivity contribution in [1.82, 2.24) is 25.4 Å². The summed E-state index contributed by atoms with van der Waals surface area (Å²) < 4.78 is 1.57. The van der Waals surface area contributed by atoms with Gasteiger partial charge in [-0.3, -0.25) is 14.7 Å². The zero-order valence-electron chi connectivity index (χ0n) is 13.1. The molecule has 0 spiro atoms. The third kappa shape index (κ3) is 4.36. The lowest BCUT2D eigenvalue weighted by Crippen LogP contribution is -2.49. The van der Waals surface area contributed by atoms with Crippen molar-refractivity contribution in [2.45, 2.75) is 62.5 Å². The average molecular weight is 327 g/mol. The molecular weight excluding hydrogens is 306 g/mol. The van der Waals surface area contributed by atoms with Gasteiger partial charge in [0, 0.05) is 11.6 Å². The smallest absolute Gasteiger partial charge is 0.333 e. The van der Waals surface area contributed by atoms with Gasteiger partial charge in [0.15, 0.2) is 5.16 Å². The molecule has 1 aromatic rings. The van der Waals surface area contributed by atoms with Crippen LogP contribution in [-0.4, -0.2) is 37.5 Å². The number of carbonyl (C=O) groups is 2. The molecule has 122 valence electrons. The van der Waals surface area contributed by atoms with Gasteiger partial charge in [0.05, 0.1) is 5.25 Å². The quantitative estimate of drug-likeness (QED) is 0.715. The van der Waals surface area contributed by atoms with Gasteiger partial charge in [-0.1, -0.05) is 11.8 Å². The molecule has 0 saturated heterocycles. The Hall–Kier alpha value is -1.77. The Bertz CT molecular complexity index is 626. The van der Waals surface area contributed by atoms with Gasteiger partial charge in [-0.05, 0) is 40.5 Å². The molecule has 1 aliphatic rings. The lowest BCUT2D eigenvalue weighted by molar-refractivity contribution is -0.119. The Balaban J connectivity index is 1.94. The molecule has 3 N–H and O–H groups in total. The van der Waals surface area contributed by atoms with Gasteiger partial charge in [-0.15, -0.1) is 5.10 Å². The van der Waals surface area contributed by atoms with Crippen molar-refractivity contribution in [3.8, 4) is 0 Å². The first-order valence-corrected chi connectivity index (χ1v) is 8.02. The van der Waals surface area contributed by atoms with E-state index < -0.39 is 22.7 Å². The fourth-order valence-electron chi connectivity index (χ4n) is 1.83. The van der Waals surface area contributed by atoms with Crippen molar-refractivity contribution in [2.24, 2.45) is 0 Å². The first-order chi connectivity index (χ1) is 10.2. The molecule has 0 bridgehead atoms. The molecule has 0 unspecified atom stereocenters. The molecule has 9 heteroatoms. The number of imide groups is 1. The van der Waals surface area contributed by atoms with Crippen LogP contribution in [0.1, 0.15) is 46.6 Å². The Kier molecular flexibility index (Phi) is 4.64. The van der Waals surface area contributed by atoms with E-state index >= 15 is 0 Å². The van der Waals surface area contributed by atoms with Crippen LogP contribution in [0, 0.1) is 0 Å². The van der Waals surface area contributed by atoms with Crippen molar-refractivity contribution >= 4 is 23.7 Å². The number of aromatic amines is 1. The Morgan fingerprint density at radius 1 is 1.41 bits per heavy atom. The zero-order chi connectivity index (χ0) is 16.5. The molecule has 1 aromatic heterocycles. The van der Waals surface area contributed by atoms with Gasteiger partial charge in [0.1, 0.15) is 0 Å². The summed E-state index contributed by atoms with van der Waals surface area (Å²) in [7, 11) is 0. The van der Waals surface area contributed by atoms with E-state index in [0.717, 1.165) is 24.6 Å². The molecule has 1 saturated carbocycles. The number of hydrogen-bond donors (Lipinski definition) is 3. The van der Waals surface area contributed by atoms with Gasteiger partial charge in [-0.25, -0.2) is 14.7 Å². The molecule has 1 heterocycles. The van der Waals surface area contributed by atoms with E-state index in [2.05, 4.69) is 20.8 Å². The minimum atomic E-state index is -0.543. The first-order valence-electron chi connectivity index (χ1n) is 7.14. The largest absolute Gasteiger partial charge is 0.344 e. The van der Waals surface area contributed by atoms with E-state index in [0.29, 0.717) is 5.16 Å². The third-order valence-electron chi connectivity index (χ3n) is 2.96. The molecule has 0 aliphatic heterocycles. The maximum absolute atomic E-state index is 12.0. The van der Waals surface area contributed by atoms with Crippen LogP contribution < -0.4 is 16.3 Å². The average Bonchev–Trinajstić information content (AvgIpc) is 3.12. The molecule has 0 aromatic carbocycles. The fraction of sp³-hybridized carbons (Fsp3) is 0.692. The van der Waals surface area contributed by atoms with Gasteiger partial charge < -0.3 is 5.32 Å². The number of urea groups is 1. The molecule has 1 aliphatic carbocycles. The summed E-state index contributed by atoms with van der Waals surface area (Å²) in [5.74, 6) is -0.426. The number of nitrogens with zero attached hydrogens (tertiary/aromatic N) is 2. The van der Waals surface area contributed by atoms with Crippen LogP contribution in [0.3, 0.4) is 0 Å². The van der Waals surface area contributed by atoms with Gasteiger partial charge >= 0.3 is 11.7 Å². The standard InChI is InChI=1S/C13H21N5O3S/c1-7(9(19)14-10(20)15-13(2,3)4)22-12-17-16-11(21)18(12)8-5-6-8/h7-8H,5-6H2,1-4H3,(H,16,21)(H2,14,15,19,20)/t7-/m0/s1. The number of amides is 3. The van der Waals surface area contributed by atoms with E-state index in [1.807, 2.05) is 20.8 Å². The van der Waals surface area contributed by atoms with Crippen molar-refractivity contribution in [3.63, 3.8) is 0 Å². The molecule has 3 amide bonds. The lowest BCUT2D eigenvalue weighted by Gasteiger charge is -2.21. The highest BCUT2D eigenvalue weighted by atomic mass is 32.2. The van der Waals surface area contributed by atoms with Crippen molar-refractivity contribution in [3.05, 3.63) is 10.5 Å². The van der Waals surface area contributed by atoms with E-state index in [9.17, 15) is 14.4 Å². The molecule has 8 nitrogen and oxygen atoms in total. The summed E-state index contributed by atoms with van der Waals surface area (Å²) in [4.78, 5) is 35.4. The normalized spacial score (nSPS) is 16.2. The Morgan fingerprint density at radius 2 is 2.05 bits per heavy atom. The second-order valence-corrected chi connectivity index (χ2v) is 7.67.